The monoisotopic (exact) mass is 263 g/mol. The number of hydrogen-bond acceptors (Lipinski definition) is 4. The van der Waals surface area contributed by atoms with Crippen LogP contribution in [-0.4, -0.2) is 23.0 Å². The zero-order valence-electron chi connectivity index (χ0n) is 11.3. The first-order valence-corrected chi connectivity index (χ1v) is 7.13. The summed E-state index contributed by atoms with van der Waals surface area (Å²) in [5, 5.41) is 6.49. The molecule has 1 amide bonds. The van der Waals surface area contributed by atoms with E-state index in [4.69, 9.17) is 4.42 Å². The summed E-state index contributed by atoms with van der Waals surface area (Å²) >= 11 is 0. The van der Waals surface area contributed by atoms with E-state index in [-0.39, 0.29) is 5.91 Å². The molecule has 2 bridgehead atoms. The fourth-order valence-corrected chi connectivity index (χ4v) is 3.33. The third kappa shape index (κ3) is 3.15. The number of rotatable bonds is 4. The first kappa shape index (κ1) is 12.7. The number of oxazole rings is 1. The Balaban J connectivity index is 1.44. The van der Waals surface area contributed by atoms with E-state index in [1.54, 1.807) is 6.20 Å². The van der Waals surface area contributed by atoms with Gasteiger partial charge < -0.3 is 15.1 Å². The van der Waals surface area contributed by atoms with Crippen LogP contribution in [0, 0.1) is 12.8 Å². The lowest BCUT2D eigenvalue weighted by Gasteiger charge is -2.28. The summed E-state index contributed by atoms with van der Waals surface area (Å²) in [6.45, 7) is 2.24. The summed E-state index contributed by atoms with van der Waals surface area (Å²) in [7, 11) is 0. The van der Waals surface area contributed by atoms with Gasteiger partial charge in [-0.3, -0.25) is 4.79 Å². The maximum Gasteiger partial charge on any atom is 0.220 e. The Labute approximate surface area is 113 Å². The average Bonchev–Trinajstić information content (AvgIpc) is 2.93. The van der Waals surface area contributed by atoms with Crippen molar-refractivity contribution in [2.24, 2.45) is 5.92 Å². The number of fused-ring (bicyclic) bond motifs is 2. The van der Waals surface area contributed by atoms with Crippen LogP contribution in [0.1, 0.15) is 43.8 Å². The highest BCUT2D eigenvalue weighted by Crippen LogP contribution is 2.32. The Morgan fingerprint density at radius 1 is 1.47 bits per heavy atom. The molecule has 3 heterocycles. The lowest BCUT2D eigenvalue weighted by atomic mass is 9.89. The number of aryl methyl sites for hydroxylation is 1. The van der Waals surface area contributed by atoms with Crippen molar-refractivity contribution in [1.29, 1.82) is 0 Å². The molecule has 19 heavy (non-hydrogen) atoms. The smallest absolute Gasteiger partial charge is 0.220 e. The Morgan fingerprint density at radius 2 is 2.21 bits per heavy atom. The largest absolute Gasteiger partial charge is 0.444 e. The minimum atomic E-state index is 0.113. The summed E-state index contributed by atoms with van der Waals surface area (Å²) in [6, 6.07) is 1.29. The second-order valence-corrected chi connectivity index (χ2v) is 5.82. The SMILES string of the molecule is Cc1cnc(CNC(=O)CC2CC3CCC(C2)N3)o1. The number of carbonyl (C=O) groups is 1. The second kappa shape index (κ2) is 5.33. The standard InChI is InChI=1S/C14H21N3O2/c1-9-7-16-14(19-9)8-15-13(18)6-10-4-11-2-3-12(5-10)17-11/h7,10-12,17H,2-6,8H2,1H3,(H,15,18). The van der Waals surface area contributed by atoms with Gasteiger partial charge in [0.15, 0.2) is 0 Å². The molecule has 1 aromatic heterocycles. The predicted molar refractivity (Wildman–Crippen MR) is 70.4 cm³/mol. The Bertz CT molecular complexity index is 445. The predicted octanol–water partition coefficient (Wildman–Crippen LogP) is 1.52. The average molecular weight is 263 g/mol. The molecule has 0 saturated carbocycles. The molecule has 2 unspecified atom stereocenters. The number of aromatic nitrogens is 1. The lowest BCUT2D eigenvalue weighted by molar-refractivity contribution is -0.122. The van der Waals surface area contributed by atoms with Crippen LogP contribution < -0.4 is 10.6 Å². The first-order chi connectivity index (χ1) is 9.19. The van der Waals surface area contributed by atoms with E-state index >= 15 is 0 Å². The van der Waals surface area contributed by atoms with Gasteiger partial charge in [0.1, 0.15) is 5.76 Å². The molecule has 5 heteroatoms. The molecular formula is C14H21N3O2. The number of nitrogens with one attached hydrogen (secondary N) is 2. The minimum Gasteiger partial charge on any atom is -0.444 e. The van der Waals surface area contributed by atoms with Gasteiger partial charge >= 0.3 is 0 Å². The highest BCUT2D eigenvalue weighted by Gasteiger charge is 2.34. The van der Waals surface area contributed by atoms with Crippen molar-refractivity contribution in [2.45, 2.75) is 57.7 Å². The fraction of sp³-hybridized carbons (Fsp3) is 0.714. The molecule has 104 valence electrons. The van der Waals surface area contributed by atoms with Crippen LogP contribution in [0.3, 0.4) is 0 Å². The van der Waals surface area contributed by atoms with Crippen LogP contribution in [0.4, 0.5) is 0 Å². The second-order valence-electron chi connectivity index (χ2n) is 5.82. The Hall–Kier alpha value is -1.36. The van der Waals surface area contributed by atoms with Crippen molar-refractivity contribution in [1.82, 2.24) is 15.6 Å². The van der Waals surface area contributed by atoms with E-state index in [1.807, 2.05) is 6.92 Å². The van der Waals surface area contributed by atoms with Crippen molar-refractivity contribution in [2.75, 3.05) is 0 Å². The molecule has 2 aliphatic rings. The third-order valence-electron chi connectivity index (χ3n) is 4.15. The zero-order chi connectivity index (χ0) is 13.2. The summed E-state index contributed by atoms with van der Waals surface area (Å²) in [5.41, 5.74) is 0. The molecule has 2 aliphatic heterocycles. The van der Waals surface area contributed by atoms with E-state index in [2.05, 4.69) is 15.6 Å². The lowest BCUT2D eigenvalue weighted by Crippen LogP contribution is -2.39. The van der Waals surface area contributed by atoms with Crippen molar-refractivity contribution >= 4 is 5.91 Å². The molecular weight excluding hydrogens is 242 g/mol. The van der Waals surface area contributed by atoms with Crippen molar-refractivity contribution in [3.63, 3.8) is 0 Å². The highest BCUT2D eigenvalue weighted by molar-refractivity contribution is 5.76. The van der Waals surface area contributed by atoms with E-state index in [0.717, 1.165) is 18.6 Å². The van der Waals surface area contributed by atoms with Crippen molar-refractivity contribution in [3.05, 3.63) is 17.8 Å². The van der Waals surface area contributed by atoms with Gasteiger partial charge in [-0.2, -0.15) is 0 Å². The maximum absolute atomic E-state index is 11.9. The molecule has 5 nitrogen and oxygen atoms in total. The van der Waals surface area contributed by atoms with E-state index in [9.17, 15) is 4.79 Å². The van der Waals surface area contributed by atoms with Crippen molar-refractivity contribution < 1.29 is 9.21 Å². The molecule has 1 aromatic rings. The van der Waals surface area contributed by atoms with Gasteiger partial charge in [0.2, 0.25) is 11.8 Å². The molecule has 0 radical (unpaired) electrons. The maximum atomic E-state index is 11.9. The number of amides is 1. The van der Waals surface area contributed by atoms with Gasteiger partial charge in [0.25, 0.3) is 0 Å². The minimum absolute atomic E-state index is 0.113. The first-order valence-electron chi connectivity index (χ1n) is 7.13. The van der Waals surface area contributed by atoms with Crippen LogP contribution in [0.25, 0.3) is 0 Å². The van der Waals surface area contributed by atoms with E-state index in [0.29, 0.717) is 36.9 Å². The van der Waals surface area contributed by atoms with E-state index < -0.39 is 0 Å². The van der Waals surface area contributed by atoms with Gasteiger partial charge in [-0.05, 0) is 38.5 Å². The van der Waals surface area contributed by atoms with Gasteiger partial charge in [-0.15, -0.1) is 0 Å². The summed E-state index contributed by atoms with van der Waals surface area (Å²) in [6.07, 6.45) is 7.14. The molecule has 0 aromatic carbocycles. The molecule has 0 aliphatic carbocycles. The van der Waals surface area contributed by atoms with Crippen LogP contribution in [0.5, 0.6) is 0 Å². The summed E-state index contributed by atoms with van der Waals surface area (Å²) in [4.78, 5) is 16.0. The molecule has 2 fully saturated rings. The number of nitrogens with zero attached hydrogens (tertiary/aromatic N) is 1. The quantitative estimate of drug-likeness (QED) is 0.864. The highest BCUT2D eigenvalue weighted by atomic mass is 16.4. The molecule has 2 atom stereocenters. The summed E-state index contributed by atoms with van der Waals surface area (Å²) < 4.78 is 5.33. The molecule has 2 N–H and O–H groups in total. The van der Waals surface area contributed by atoms with Crippen LogP contribution in [0.15, 0.2) is 10.6 Å². The molecule has 0 spiro atoms. The number of hydrogen-bond donors (Lipinski definition) is 2. The van der Waals surface area contributed by atoms with Gasteiger partial charge in [0, 0.05) is 18.5 Å². The van der Waals surface area contributed by atoms with Crippen LogP contribution in [-0.2, 0) is 11.3 Å². The van der Waals surface area contributed by atoms with Crippen LogP contribution >= 0.6 is 0 Å². The normalized spacial score (nSPS) is 29.4. The summed E-state index contributed by atoms with van der Waals surface area (Å²) in [5.74, 6) is 2.00. The Kier molecular flexibility index (Phi) is 3.55. The fourth-order valence-electron chi connectivity index (χ4n) is 3.33. The van der Waals surface area contributed by atoms with Crippen molar-refractivity contribution in [3.8, 4) is 0 Å². The van der Waals surface area contributed by atoms with Gasteiger partial charge in [0.05, 0.1) is 12.7 Å². The van der Waals surface area contributed by atoms with Crippen LogP contribution in [0.2, 0.25) is 0 Å². The van der Waals surface area contributed by atoms with Gasteiger partial charge in [-0.25, -0.2) is 4.98 Å². The molecule has 2 saturated heterocycles. The Morgan fingerprint density at radius 3 is 2.84 bits per heavy atom. The molecule has 3 rings (SSSR count). The zero-order valence-corrected chi connectivity index (χ0v) is 11.3. The number of carbonyl (C=O) groups excluding carboxylic acids is 1. The topological polar surface area (TPSA) is 67.2 Å². The van der Waals surface area contributed by atoms with Gasteiger partial charge in [-0.1, -0.05) is 0 Å². The number of piperidine rings is 1. The van der Waals surface area contributed by atoms with E-state index in [1.165, 1.54) is 12.8 Å². The third-order valence-corrected chi connectivity index (χ3v) is 4.15.